The zero-order valence-corrected chi connectivity index (χ0v) is 14.6. The molecule has 3 amide bonds. The van der Waals surface area contributed by atoms with Gasteiger partial charge in [0.15, 0.2) is 0 Å². The fourth-order valence-corrected chi connectivity index (χ4v) is 2.28. The number of halogens is 3. The number of carbonyl (C=O) groups excluding carboxylic acids is 2. The molecule has 0 saturated heterocycles. The third-order valence-electron chi connectivity index (χ3n) is 3.40. The SMILES string of the molecule is CC(=O)Nc1cccc([C@H](C)NC(=O)Nc2ccc(OC(F)(F)F)cc2)c1. The molecule has 2 aromatic carbocycles. The maximum Gasteiger partial charge on any atom is 0.573 e. The van der Waals surface area contributed by atoms with Crippen molar-refractivity contribution in [1.82, 2.24) is 5.32 Å². The van der Waals surface area contributed by atoms with Gasteiger partial charge in [0.05, 0.1) is 6.04 Å². The topological polar surface area (TPSA) is 79.5 Å². The molecule has 0 fully saturated rings. The molecule has 2 rings (SSSR count). The summed E-state index contributed by atoms with van der Waals surface area (Å²) in [6, 6.07) is 10.9. The van der Waals surface area contributed by atoms with Crippen LogP contribution in [0.3, 0.4) is 0 Å². The van der Waals surface area contributed by atoms with E-state index < -0.39 is 12.4 Å². The van der Waals surface area contributed by atoms with Crippen LogP contribution in [0.25, 0.3) is 0 Å². The molecule has 1 atom stereocenters. The summed E-state index contributed by atoms with van der Waals surface area (Å²) >= 11 is 0. The molecule has 0 spiro atoms. The number of benzene rings is 2. The van der Waals surface area contributed by atoms with E-state index in [1.807, 2.05) is 0 Å². The highest BCUT2D eigenvalue weighted by Crippen LogP contribution is 2.24. The van der Waals surface area contributed by atoms with Gasteiger partial charge in [-0.2, -0.15) is 0 Å². The molecule has 9 heteroatoms. The summed E-state index contributed by atoms with van der Waals surface area (Å²) in [6.07, 6.45) is -4.77. The Morgan fingerprint density at radius 2 is 1.67 bits per heavy atom. The van der Waals surface area contributed by atoms with Gasteiger partial charge >= 0.3 is 12.4 Å². The number of hydrogen-bond acceptors (Lipinski definition) is 3. The van der Waals surface area contributed by atoms with Crippen molar-refractivity contribution in [3.8, 4) is 5.75 Å². The lowest BCUT2D eigenvalue weighted by Gasteiger charge is -2.16. The summed E-state index contributed by atoms with van der Waals surface area (Å²) in [5.74, 6) is -0.583. The summed E-state index contributed by atoms with van der Waals surface area (Å²) in [6.45, 7) is 3.15. The first-order chi connectivity index (χ1) is 12.6. The van der Waals surface area contributed by atoms with Crippen LogP contribution < -0.4 is 20.7 Å². The predicted octanol–water partition coefficient (Wildman–Crippen LogP) is 4.43. The highest BCUT2D eigenvalue weighted by molar-refractivity contribution is 5.90. The van der Waals surface area contributed by atoms with Crippen LogP contribution in [-0.4, -0.2) is 18.3 Å². The number of nitrogens with one attached hydrogen (secondary N) is 3. The Kier molecular flexibility index (Phi) is 6.27. The molecular weight excluding hydrogens is 363 g/mol. The zero-order valence-electron chi connectivity index (χ0n) is 14.6. The van der Waals surface area contributed by atoms with E-state index >= 15 is 0 Å². The van der Waals surface area contributed by atoms with Crippen LogP contribution in [0, 0.1) is 0 Å². The van der Waals surface area contributed by atoms with E-state index in [-0.39, 0.29) is 17.7 Å². The van der Waals surface area contributed by atoms with E-state index in [9.17, 15) is 22.8 Å². The molecule has 0 unspecified atom stereocenters. The number of urea groups is 1. The van der Waals surface area contributed by atoms with Crippen LogP contribution in [0.2, 0.25) is 0 Å². The van der Waals surface area contributed by atoms with E-state index in [1.165, 1.54) is 19.1 Å². The van der Waals surface area contributed by atoms with Crippen molar-refractivity contribution in [3.63, 3.8) is 0 Å². The van der Waals surface area contributed by atoms with Gasteiger partial charge in [-0.1, -0.05) is 12.1 Å². The molecule has 0 bridgehead atoms. The zero-order chi connectivity index (χ0) is 20.0. The molecule has 144 valence electrons. The average molecular weight is 381 g/mol. The summed E-state index contributed by atoms with van der Waals surface area (Å²) in [5, 5.41) is 7.88. The molecule has 2 aromatic rings. The number of carbonyl (C=O) groups is 2. The van der Waals surface area contributed by atoms with Gasteiger partial charge in [-0.25, -0.2) is 4.79 Å². The summed E-state index contributed by atoms with van der Waals surface area (Å²) in [7, 11) is 0. The van der Waals surface area contributed by atoms with E-state index in [4.69, 9.17) is 0 Å². The quantitative estimate of drug-likeness (QED) is 0.717. The molecular formula is C18H18F3N3O3. The van der Waals surface area contributed by atoms with Crippen LogP contribution in [-0.2, 0) is 4.79 Å². The first-order valence-corrected chi connectivity index (χ1v) is 7.93. The Bertz CT molecular complexity index is 807. The van der Waals surface area contributed by atoms with Crippen molar-refractivity contribution in [2.24, 2.45) is 0 Å². The Balaban J connectivity index is 1.94. The molecule has 3 N–H and O–H groups in total. The van der Waals surface area contributed by atoms with Crippen LogP contribution in [0.5, 0.6) is 5.75 Å². The normalized spacial score (nSPS) is 12.0. The van der Waals surface area contributed by atoms with E-state index in [0.717, 1.165) is 17.7 Å². The second kappa shape index (κ2) is 8.43. The number of amides is 3. The van der Waals surface area contributed by atoms with Crippen molar-refractivity contribution in [2.75, 3.05) is 10.6 Å². The molecule has 0 aliphatic carbocycles. The number of alkyl halides is 3. The van der Waals surface area contributed by atoms with Gasteiger partial charge < -0.3 is 20.7 Å². The fraction of sp³-hybridized carbons (Fsp3) is 0.222. The summed E-state index contributed by atoms with van der Waals surface area (Å²) in [5.41, 5.74) is 1.68. The first kappa shape index (κ1) is 20.1. The van der Waals surface area contributed by atoms with E-state index in [0.29, 0.717) is 11.4 Å². The average Bonchev–Trinajstić information content (AvgIpc) is 2.55. The van der Waals surface area contributed by atoms with Gasteiger partial charge in [0.2, 0.25) is 5.91 Å². The predicted molar refractivity (Wildman–Crippen MR) is 94.4 cm³/mol. The Hall–Kier alpha value is -3.23. The maximum atomic E-state index is 12.1. The van der Waals surface area contributed by atoms with Crippen molar-refractivity contribution < 1.29 is 27.5 Å². The van der Waals surface area contributed by atoms with Gasteiger partial charge in [-0.05, 0) is 48.9 Å². The molecule has 0 saturated carbocycles. The number of anilines is 2. The minimum Gasteiger partial charge on any atom is -0.406 e. The Labute approximate surface area is 153 Å². The van der Waals surface area contributed by atoms with Gasteiger partial charge in [0.1, 0.15) is 5.75 Å². The lowest BCUT2D eigenvalue weighted by molar-refractivity contribution is -0.274. The molecule has 27 heavy (non-hydrogen) atoms. The van der Waals surface area contributed by atoms with Crippen molar-refractivity contribution in [1.29, 1.82) is 0 Å². The Morgan fingerprint density at radius 3 is 2.26 bits per heavy atom. The van der Waals surface area contributed by atoms with Crippen molar-refractivity contribution >= 4 is 23.3 Å². The minimum absolute atomic E-state index is 0.205. The highest BCUT2D eigenvalue weighted by atomic mass is 19.4. The molecule has 0 aliphatic rings. The smallest absolute Gasteiger partial charge is 0.406 e. The third-order valence-corrected chi connectivity index (χ3v) is 3.40. The molecule has 0 aromatic heterocycles. The molecule has 0 radical (unpaired) electrons. The standard InChI is InChI=1S/C18H18F3N3O3/c1-11(13-4-3-5-15(10-13)23-12(2)25)22-17(26)24-14-6-8-16(9-7-14)27-18(19,20)21/h3-11H,1-2H3,(H,23,25)(H2,22,24,26)/t11-/m0/s1. The van der Waals surface area contributed by atoms with Gasteiger partial charge in [-0.15, -0.1) is 13.2 Å². The maximum absolute atomic E-state index is 12.1. The van der Waals surface area contributed by atoms with Crippen molar-refractivity contribution in [3.05, 3.63) is 54.1 Å². The van der Waals surface area contributed by atoms with E-state index in [1.54, 1.807) is 31.2 Å². The van der Waals surface area contributed by atoms with Gasteiger partial charge in [0, 0.05) is 18.3 Å². The second-order valence-electron chi connectivity index (χ2n) is 5.70. The summed E-state index contributed by atoms with van der Waals surface area (Å²) in [4.78, 5) is 23.2. The van der Waals surface area contributed by atoms with Crippen LogP contribution in [0.1, 0.15) is 25.5 Å². The number of hydrogen-bond donors (Lipinski definition) is 3. The molecule has 6 nitrogen and oxygen atoms in total. The number of rotatable bonds is 5. The lowest BCUT2D eigenvalue weighted by Crippen LogP contribution is -2.31. The van der Waals surface area contributed by atoms with Gasteiger partial charge in [0.25, 0.3) is 0 Å². The first-order valence-electron chi connectivity index (χ1n) is 7.93. The van der Waals surface area contributed by atoms with Gasteiger partial charge in [-0.3, -0.25) is 4.79 Å². The number of ether oxygens (including phenoxy) is 1. The highest BCUT2D eigenvalue weighted by Gasteiger charge is 2.30. The van der Waals surface area contributed by atoms with Crippen LogP contribution in [0.15, 0.2) is 48.5 Å². The fourth-order valence-electron chi connectivity index (χ4n) is 2.28. The lowest BCUT2D eigenvalue weighted by atomic mass is 10.1. The molecule has 0 heterocycles. The van der Waals surface area contributed by atoms with Crippen molar-refractivity contribution in [2.45, 2.75) is 26.3 Å². The molecule has 0 aliphatic heterocycles. The van der Waals surface area contributed by atoms with Crippen LogP contribution in [0.4, 0.5) is 29.3 Å². The van der Waals surface area contributed by atoms with E-state index in [2.05, 4.69) is 20.7 Å². The Morgan fingerprint density at radius 1 is 1.00 bits per heavy atom. The minimum atomic E-state index is -4.77. The van der Waals surface area contributed by atoms with Crippen LogP contribution >= 0.6 is 0 Å². The largest absolute Gasteiger partial charge is 0.573 e. The second-order valence-corrected chi connectivity index (χ2v) is 5.70. The summed E-state index contributed by atoms with van der Waals surface area (Å²) < 4.78 is 40.2. The monoisotopic (exact) mass is 381 g/mol. The third kappa shape index (κ3) is 6.89.